The van der Waals surface area contributed by atoms with Crippen LogP contribution in [0.25, 0.3) is 0 Å². The van der Waals surface area contributed by atoms with Gasteiger partial charge in [0.2, 0.25) is 0 Å². The summed E-state index contributed by atoms with van der Waals surface area (Å²) in [7, 11) is -3.31. The Morgan fingerprint density at radius 3 is 2.90 bits per heavy atom. The van der Waals surface area contributed by atoms with E-state index in [-0.39, 0.29) is 6.04 Å². The van der Waals surface area contributed by atoms with Crippen molar-refractivity contribution >= 4 is 21.4 Å². The Balaban J connectivity index is 2.18. The van der Waals surface area contributed by atoms with E-state index < -0.39 is 10.0 Å². The predicted molar refractivity (Wildman–Crippen MR) is 83.5 cm³/mol. The molecule has 20 heavy (non-hydrogen) atoms. The lowest BCUT2D eigenvalue weighted by Crippen LogP contribution is -2.37. The third-order valence-electron chi connectivity index (χ3n) is 3.74. The standard InChI is InChI=1S/C14H24N2O2S2/c1-3-15-11-13-8-9-14(19-13)20(17,18)16-10-6-4-5-7-12(16)2/h8-9,12,15H,3-7,10-11H2,1-2H3. The molecule has 1 aliphatic heterocycles. The highest BCUT2D eigenvalue weighted by atomic mass is 32.2. The average Bonchev–Trinajstić information content (AvgIpc) is 2.79. The molecule has 1 N–H and O–H groups in total. The number of hydrogen-bond donors (Lipinski definition) is 1. The van der Waals surface area contributed by atoms with Gasteiger partial charge in [0, 0.05) is 24.0 Å². The second-order valence-corrected chi connectivity index (χ2v) is 8.60. The van der Waals surface area contributed by atoms with E-state index in [1.807, 2.05) is 19.9 Å². The van der Waals surface area contributed by atoms with Gasteiger partial charge < -0.3 is 5.32 Å². The van der Waals surface area contributed by atoms with Gasteiger partial charge in [0.05, 0.1) is 0 Å². The summed E-state index contributed by atoms with van der Waals surface area (Å²) in [4.78, 5) is 1.08. The zero-order valence-corrected chi connectivity index (χ0v) is 13.9. The topological polar surface area (TPSA) is 49.4 Å². The van der Waals surface area contributed by atoms with Crippen molar-refractivity contribution in [1.29, 1.82) is 0 Å². The molecular formula is C14H24N2O2S2. The average molecular weight is 316 g/mol. The number of rotatable bonds is 5. The van der Waals surface area contributed by atoms with Crippen molar-refractivity contribution in [3.63, 3.8) is 0 Å². The van der Waals surface area contributed by atoms with Crippen molar-refractivity contribution < 1.29 is 8.42 Å². The van der Waals surface area contributed by atoms with E-state index >= 15 is 0 Å². The van der Waals surface area contributed by atoms with Crippen molar-refractivity contribution in [3.05, 3.63) is 17.0 Å². The molecule has 0 amide bonds. The van der Waals surface area contributed by atoms with Crippen LogP contribution in [0.4, 0.5) is 0 Å². The van der Waals surface area contributed by atoms with Crippen molar-refractivity contribution in [2.75, 3.05) is 13.1 Å². The van der Waals surface area contributed by atoms with Crippen molar-refractivity contribution in [1.82, 2.24) is 9.62 Å². The van der Waals surface area contributed by atoms with Crippen LogP contribution in [0.15, 0.2) is 16.3 Å². The molecular weight excluding hydrogens is 292 g/mol. The first-order chi connectivity index (χ1) is 9.55. The second-order valence-electron chi connectivity index (χ2n) is 5.32. The largest absolute Gasteiger partial charge is 0.312 e. The summed E-state index contributed by atoms with van der Waals surface area (Å²) in [5, 5.41) is 3.23. The fourth-order valence-electron chi connectivity index (χ4n) is 2.56. The molecule has 0 radical (unpaired) electrons. The molecule has 0 bridgehead atoms. The van der Waals surface area contributed by atoms with E-state index in [9.17, 15) is 8.42 Å². The molecule has 114 valence electrons. The number of sulfonamides is 1. The molecule has 1 saturated heterocycles. The van der Waals surface area contributed by atoms with Gasteiger partial charge in [-0.05, 0) is 38.4 Å². The van der Waals surface area contributed by atoms with Gasteiger partial charge in [-0.3, -0.25) is 0 Å². The monoisotopic (exact) mass is 316 g/mol. The van der Waals surface area contributed by atoms with Crippen molar-refractivity contribution in [2.24, 2.45) is 0 Å². The summed E-state index contributed by atoms with van der Waals surface area (Å²) in [6.45, 7) is 6.36. The second kappa shape index (κ2) is 7.02. The molecule has 1 aromatic heterocycles. The van der Waals surface area contributed by atoms with E-state index in [0.717, 1.165) is 43.6 Å². The van der Waals surface area contributed by atoms with E-state index in [1.54, 1.807) is 10.4 Å². The summed E-state index contributed by atoms with van der Waals surface area (Å²) in [6.07, 6.45) is 4.20. The fraction of sp³-hybridized carbons (Fsp3) is 0.714. The Kier molecular flexibility index (Phi) is 5.60. The molecule has 2 heterocycles. The first-order valence-electron chi connectivity index (χ1n) is 7.37. The molecule has 1 unspecified atom stereocenters. The zero-order chi connectivity index (χ0) is 14.6. The molecule has 2 rings (SSSR count). The van der Waals surface area contributed by atoms with Gasteiger partial charge >= 0.3 is 0 Å². The molecule has 4 nitrogen and oxygen atoms in total. The van der Waals surface area contributed by atoms with Crippen LogP contribution in [0.1, 0.15) is 44.4 Å². The minimum atomic E-state index is -3.31. The summed E-state index contributed by atoms with van der Waals surface area (Å²) in [5.74, 6) is 0. The molecule has 6 heteroatoms. The number of hydrogen-bond acceptors (Lipinski definition) is 4. The normalized spacial score (nSPS) is 21.8. The highest BCUT2D eigenvalue weighted by molar-refractivity contribution is 7.91. The Hall–Kier alpha value is -0.430. The predicted octanol–water partition coefficient (Wildman–Crippen LogP) is 2.81. The van der Waals surface area contributed by atoms with Gasteiger partial charge in [-0.2, -0.15) is 4.31 Å². The highest BCUT2D eigenvalue weighted by Gasteiger charge is 2.30. The molecule has 0 spiro atoms. The smallest absolute Gasteiger partial charge is 0.252 e. The van der Waals surface area contributed by atoms with Crippen molar-refractivity contribution in [3.8, 4) is 0 Å². The number of nitrogens with zero attached hydrogens (tertiary/aromatic N) is 1. The summed E-state index contributed by atoms with van der Waals surface area (Å²) < 4.78 is 27.7. The van der Waals surface area contributed by atoms with Gasteiger partial charge in [-0.15, -0.1) is 11.3 Å². The van der Waals surface area contributed by atoms with E-state index in [2.05, 4.69) is 5.32 Å². The summed E-state index contributed by atoms with van der Waals surface area (Å²) in [6, 6.07) is 3.79. The molecule has 0 aromatic carbocycles. The van der Waals surface area contributed by atoms with Crippen LogP contribution in [0.5, 0.6) is 0 Å². The zero-order valence-electron chi connectivity index (χ0n) is 12.3. The van der Waals surface area contributed by atoms with E-state index in [1.165, 1.54) is 11.3 Å². The number of thiophene rings is 1. The quantitative estimate of drug-likeness (QED) is 0.909. The number of nitrogens with one attached hydrogen (secondary N) is 1. The van der Waals surface area contributed by atoms with Crippen LogP contribution in [0.2, 0.25) is 0 Å². The molecule has 1 aromatic rings. The minimum Gasteiger partial charge on any atom is -0.312 e. The summed E-state index contributed by atoms with van der Waals surface area (Å²) >= 11 is 1.39. The molecule has 0 aliphatic carbocycles. The Bertz CT molecular complexity index is 525. The molecule has 1 atom stereocenters. The van der Waals surface area contributed by atoms with Crippen LogP contribution in [-0.4, -0.2) is 31.9 Å². The fourth-order valence-corrected chi connectivity index (χ4v) is 5.72. The van der Waals surface area contributed by atoms with Gasteiger partial charge in [0.25, 0.3) is 10.0 Å². The van der Waals surface area contributed by atoms with Crippen LogP contribution >= 0.6 is 11.3 Å². The van der Waals surface area contributed by atoms with Crippen LogP contribution < -0.4 is 5.32 Å². The lowest BCUT2D eigenvalue weighted by Gasteiger charge is -2.25. The third-order valence-corrected chi connectivity index (χ3v) is 7.31. The Morgan fingerprint density at radius 2 is 2.15 bits per heavy atom. The molecule has 1 fully saturated rings. The van der Waals surface area contributed by atoms with Crippen LogP contribution in [0, 0.1) is 0 Å². The Labute approximate surface area is 126 Å². The lowest BCUT2D eigenvalue weighted by atomic mass is 10.1. The van der Waals surface area contributed by atoms with Crippen molar-refractivity contribution in [2.45, 2.75) is 56.3 Å². The van der Waals surface area contributed by atoms with Gasteiger partial charge in [-0.25, -0.2) is 8.42 Å². The highest BCUT2D eigenvalue weighted by Crippen LogP contribution is 2.29. The molecule has 1 aliphatic rings. The summed E-state index contributed by atoms with van der Waals surface area (Å²) in [5.41, 5.74) is 0. The molecule has 0 saturated carbocycles. The maximum atomic E-state index is 12.8. The van der Waals surface area contributed by atoms with E-state index in [4.69, 9.17) is 0 Å². The van der Waals surface area contributed by atoms with Crippen LogP contribution in [0.3, 0.4) is 0 Å². The first-order valence-corrected chi connectivity index (χ1v) is 9.62. The van der Waals surface area contributed by atoms with Gasteiger partial charge in [0.1, 0.15) is 4.21 Å². The Morgan fingerprint density at radius 1 is 1.35 bits per heavy atom. The third kappa shape index (κ3) is 3.61. The first kappa shape index (κ1) is 15.9. The van der Waals surface area contributed by atoms with Crippen LogP contribution in [-0.2, 0) is 16.6 Å². The SMILES string of the molecule is CCNCc1ccc(S(=O)(=O)N2CCCCCC2C)s1. The maximum Gasteiger partial charge on any atom is 0.252 e. The lowest BCUT2D eigenvalue weighted by molar-refractivity contribution is 0.343. The van der Waals surface area contributed by atoms with E-state index in [0.29, 0.717) is 10.8 Å². The van der Waals surface area contributed by atoms with Gasteiger partial charge in [0.15, 0.2) is 0 Å². The van der Waals surface area contributed by atoms with Gasteiger partial charge in [-0.1, -0.05) is 19.8 Å². The minimum absolute atomic E-state index is 0.113. The maximum absolute atomic E-state index is 12.8.